The zero-order chi connectivity index (χ0) is 30.1. The number of likely N-dealkylation sites (tertiary alicyclic amines) is 1. The van der Waals surface area contributed by atoms with Gasteiger partial charge in [-0.2, -0.15) is 18.2 Å². The Hall–Kier alpha value is -3.30. The summed E-state index contributed by atoms with van der Waals surface area (Å²) in [4.78, 5) is 12.9. The topological polar surface area (TPSA) is 82.6 Å². The number of halogens is 3. The lowest BCUT2D eigenvalue weighted by Gasteiger charge is -2.47. The Morgan fingerprint density at radius 2 is 1.62 bits per heavy atom. The molecule has 2 aliphatic rings. The summed E-state index contributed by atoms with van der Waals surface area (Å²) in [6.45, 7) is 7.39. The van der Waals surface area contributed by atoms with E-state index in [1.165, 1.54) is 12.8 Å². The predicted molar refractivity (Wildman–Crippen MR) is 163 cm³/mol. The second kappa shape index (κ2) is 11.8. The Balaban J connectivity index is 1.36. The van der Waals surface area contributed by atoms with E-state index in [9.17, 15) is 17.7 Å². The quantitative estimate of drug-likeness (QED) is 0.295. The van der Waals surface area contributed by atoms with Crippen LogP contribution in [0.3, 0.4) is 0 Å². The molecule has 2 N–H and O–H groups in total. The van der Waals surface area contributed by atoms with Gasteiger partial charge in [-0.05, 0) is 88.8 Å². The zero-order valence-electron chi connectivity index (χ0n) is 24.5. The van der Waals surface area contributed by atoms with Gasteiger partial charge in [0, 0.05) is 36.3 Å². The number of para-hydroxylation sites is 1. The SMILES string of the molecule is COc1cc(N2CCC3(CCN(C)CC3)CC2)ccc1Nc1ncc(C(F)(F)F)c(Nc2ccccc2P(C)(C)=O)n1. The fourth-order valence-electron chi connectivity index (χ4n) is 5.85. The van der Waals surface area contributed by atoms with Gasteiger partial charge in [-0.1, -0.05) is 12.1 Å². The van der Waals surface area contributed by atoms with Gasteiger partial charge in [0.25, 0.3) is 0 Å². The molecule has 1 aromatic heterocycles. The van der Waals surface area contributed by atoms with Crippen molar-refractivity contribution in [3.8, 4) is 5.75 Å². The number of benzene rings is 2. The lowest BCUT2D eigenvalue weighted by Crippen LogP contribution is -2.46. The maximum Gasteiger partial charge on any atom is 0.421 e. The van der Waals surface area contributed by atoms with E-state index in [0.717, 1.165) is 50.9 Å². The van der Waals surface area contributed by atoms with Gasteiger partial charge in [0.05, 0.1) is 18.5 Å². The number of ether oxygens (including phenoxy) is 1. The minimum atomic E-state index is -4.70. The molecule has 3 aromatic rings. The van der Waals surface area contributed by atoms with Crippen LogP contribution in [-0.4, -0.2) is 68.5 Å². The third kappa shape index (κ3) is 6.68. The average Bonchev–Trinajstić information content (AvgIpc) is 2.95. The van der Waals surface area contributed by atoms with Crippen LogP contribution in [0.4, 0.5) is 42.0 Å². The molecule has 0 unspecified atom stereocenters. The average molecular weight is 603 g/mol. The van der Waals surface area contributed by atoms with Gasteiger partial charge in [-0.25, -0.2) is 4.98 Å². The Bertz CT molecular complexity index is 1460. The van der Waals surface area contributed by atoms with Crippen molar-refractivity contribution in [3.05, 3.63) is 54.2 Å². The molecule has 0 amide bonds. The monoisotopic (exact) mass is 602 g/mol. The van der Waals surface area contributed by atoms with Gasteiger partial charge in [-0.3, -0.25) is 0 Å². The Labute approximate surface area is 245 Å². The summed E-state index contributed by atoms with van der Waals surface area (Å²) in [7, 11) is 0.962. The van der Waals surface area contributed by atoms with Crippen LogP contribution in [0, 0.1) is 5.41 Å². The number of methoxy groups -OCH3 is 1. The largest absolute Gasteiger partial charge is 0.494 e. The molecule has 0 aliphatic carbocycles. The molecule has 2 saturated heterocycles. The third-order valence-electron chi connectivity index (χ3n) is 8.50. The van der Waals surface area contributed by atoms with Gasteiger partial charge >= 0.3 is 6.18 Å². The van der Waals surface area contributed by atoms with E-state index < -0.39 is 24.7 Å². The maximum atomic E-state index is 13.9. The highest BCUT2D eigenvalue weighted by atomic mass is 31.2. The Morgan fingerprint density at radius 1 is 0.952 bits per heavy atom. The Morgan fingerprint density at radius 3 is 2.26 bits per heavy atom. The molecule has 12 heteroatoms. The van der Waals surface area contributed by atoms with Crippen LogP contribution in [0.15, 0.2) is 48.7 Å². The van der Waals surface area contributed by atoms with Crippen LogP contribution in [0.5, 0.6) is 5.75 Å². The predicted octanol–water partition coefficient (Wildman–Crippen LogP) is 6.55. The van der Waals surface area contributed by atoms with E-state index in [-0.39, 0.29) is 5.95 Å². The Kier molecular flexibility index (Phi) is 8.45. The molecule has 1 spiro atoms. The number of alkyl halides is 3. The van der Waals surface area contributed by atoms with E-state index in [1.807, 2.05) is 18.2 Å². The van der Waals surface area contributed by atoms with Crippen LogP contribution in [-0.2, 0) is 10.7 Å². The molecular formula is C30H38F3N6O2P. The van der Waals surface area contributed by atoms with Gasteiger partial charge in [-0.15, -0.1) is 0 Å². The van der Waals surface area contributed by atoms with Crippen molar-refractivity contribution < 1.29 is 22.5 Å². The van der Waals surface area contributed by atoms with Gasteiger partial charge in [0.15, 0.2) is 0 Å². The molecule has 2 aromatic carbocycles. The first-order valence-electron chi connectivity index (χ1n) is 14.1. The highest BCUT2D eigenvalue weighted by molar-refractivity contribution is 7.70. The van der Waals surface area contributed by atoms with Crippen LogP contribution in [0.2, 0.25) is 0 Å². The fraction of sp³-hybridized carbons (Fsp3) is 0.467. The molecule has 0 bridgehead atoms. The molecule has 226 valence electrons. The molecule has 0 atom stereocenters. The summed E-state index contributed by atoms with van der Waals surface area (Å²) in [5.74, 6) is 0.0633. The number of aromatic nitrogens is 2. The van der Waals surface area contributed by atoms with E-state index in [4.69, 9.17) is 4.74 Å². The summed E-state index contributed by atoms with van der Waals surface area (Å²) in [5.41, 5.74) is 1.27. The second-order valence-electron chi connectivity index (χ2n) is 11.7. The van der Waals surface area contributed by atoms with Gasteiger partial charge < -0.3 is 29.7 Å². The van der Waals surface area contributed by atoms with Crippen LogP contribution >= 0.6 is 7.14 Å². The number of rotatable bonds is 7. The van der Waals surface area contributed by atoms with E-state index in [2.05, 4.69) is 37.4 Å². The van der Waals surface area contributed by atoms with E-state index in [1.54, 1.807) is 44.7 Å². The first kappa shape index (κ1) is 30.2. The number of hydrogen-bond acceptors (Lipinski definition) is 8. The minimum Gasteiger partial charge on any atom is -0.494 e. The second-order valence-corrected chi connectivity index (χ2v) is 14.9. The minimum absolute atomic E-state index is 0.0348. The maximum absolute atomic E-state index is 13.9. The first-order chi connectivity index (χ1) is 19.9. The fourth-order valence-corrected chi connectivity index (χ4v) is 7.01. The van der Waals surface area contributed by atoms with Crippen molar-refractivity contribution >= 4 is 41.3 Å². The van der Waals surface area contributed by atoms with Crippen molar-refractivity contribution in [1.82, 2.24) is 14.9 Å². The van der Waals surface area contributed by atoms with Gasteiger partial charge in [0.2, 0.25) is 5.95 Å². The van der Waals surface area contributed by atoms with E-state index in [0.29, 0.717) is 27.8 Å². The van der Waals surface area contributed by atoms with Crippen molar-refractivity contribution in [3.63, 3.8) is 0 Å². The molecule has 0 radical (unpaired) electrons. The molecule has 3 heterocycles. The molecule has 8 nitrogen and oxygen atoms in total. The lowest BCUT2D eigenvalue weighted by molar-refractivity contribution is -0.137. The van der Waals surface area contributed by atoms with Crippen LogP contribution < -0.4 is 25.6 Å². The highest BCUT2D eigenvalue weighted by Gasteiger charge is 2.37. The molecule has 0 saturated carbocycles. The zero-order valence-corrected chi connectivity index (χ0v) is 25.4. The van der Waals surface area contributed by atoms with Crippen molar-refractivity contribution in [2.75, 3.05) is 69.2 Å². The normalized spacial score (nSPS) is 17.7. The first-order valence-corrected chi connectivity index (χ1v) is 16.7. The highest BCUT2D eigenvalue weighted by Crippen LogP contribution is 2.43. The molecular weight excluding hydrogens is 564 g/mol. The number of hydrogen-bond donors (Lipinski definition) is 2. The lowest BCUT2D eigenvalue weighted by atomic mass is 9.71. The number of piperidine rings is 2. The molecule has 2 fully saturated rings. The van der Waals surface area contributed by atoms with Crippen molar-refractivity contribution in [1.29, 1.82) is 0 Å². The van der Waals surface area contributed by atoms with Crippen molar-refractivity contribution in [2.24, 2.45) is 5.41 Å². The van der Waals surface area contributed by atoms with Crippen LogP contribution in [0.1, 0.15) is 31.2 Å². The smallest absolute Gasteiger partial charge is 0.421 e. The van der Waals surface area contributed by atoms with Gasteiger partial charge in [0.1, 0.15) is 24.3 Å². The summed E-state index contributed by atoms with van der Waals surface area (Å²) >= 11 is 0. The third-order valence-corrected chi connectivity index (χ3v) is 10.1. The summed E-state index contributed by atoms with van der Waals surface area (Å²) in [5, 5.41) is 6.22. The number of nitrogens with zero attached hydrogens (tertiary/aromatic N) is 4. The van der Waals surface area contributed by atoms with Crippen molar-refractivity contribution in [2.45, 2.75) is 31.9 Å². The summed E-state index contributed by atoms with van der Waals surface area (Å²) in [6.07, 6.45) is 0.855. The summed E-state index contributed by atoms with van der Waals surface area (Å²) in [6, 6.07) is 12.3. The molecule has 2 aliphatic heterocycles. The molecule has 5 rings (SSSR count). The van der Waals surface area contributed by atoms with E-state index >= 15 is 0 Å². The number of nitrogens with one attached hydrogen (secondary N) is 2. The number of anilines is 5. The van der Waals surface area contributed by atoms with Crippen LogP contribution in [0.25, 0.3) is 0 Å². The summed E-state index contributed by atoms with van der Waals surface area (Å²) < 4.78 is 60.1. The standard InChI is InChI=1S/C30H38F3N6O2P/c1-38-15-11-29(12-16-38)13-17-39(18-14-29)21-9-10-23(25(19-21)41-2)36-28-34-20-22(30(31,32)33)27(37-28)35-24-7-5-6-8-26(24)42(3,4)40/h5-10,19-20H,11-18H2,1-4H3,(H2,34,35,36,37). The molecule has 42 heavy (non-hydrogen) atoms.